The van der Waals surface area contributed by atoms with E-state index in [9.17, 15) is 18.0 Å². The zero-order valence-corrected chi connectivity index (χ0v) is 15.2. The topological polar surface area (TPSA) is 94.2 Å². The van der Waals surface area contributed by atoms with Crippen LogP contribution in [0.4, 0.5) is 13.2 Å². The summed E-state index contributed by atoms with van der Waals surface area (Å²) < 4.78 is 39.0. The summed E-state index contributed by atoms with van der Waals surface area (Å²) in [6.07, 6.45) is -1.66. The van der Waals surface area contributed by atoms with E-state index in [2.05, 4.69) is 10.6 Å². The zero-order valence-electron chi connectivity index (χ0n) is 14.5. The Hall–Kier alpha value is -2.68. The van der Waals surface area contributed by atoms with Crippen molar-refractivity contribution in [3.05, 3.63) is 57.6 Å². The fourth-order valence-electron chi connectivity index (χ4n) is 2.62. The Bertz CT molecular complexity index is 804. The molecule has 1 aliphatic rings. The molecule has 27 heavy (non-hydrogen) atoms. The lowest BCUT2D eigenvalue weighted by molar-refractivity contribution is -0.137. The van der Waals surface area contributed by atoms with Crippen molar-refractivity contribution in [3.8, 4) is 0 Å². The van der Waals surface area contributed by atoms with Crippen LogP contribution >= 0.6 is 11.6 Å². The van der Waals surface area contributed by atoms with E-state index in [1.165, 1.54) is 17.0 Å². The number of carbonyl (C=O) groups is 1. The van der Waals surface area contributed by atoms with Crippen molar-refractivity contribution in [3.63, 3.8) is 0 Å². The second-order valence-electron chi connectivity index (χ2n) is 5.77. The third-order valence-electron chi connectivity index (χ3n) is 4.01. The van der Waals surface area contributed by atoms with Crippen LogP contribution < -0.4 is 16.4 Å². The molecule has 0 radical (unpaired) electrons. The number of nitrogens with zero attached hydrogens (tertiary/aromatic N) is 1. The Morgan fingerprint density at radius 2 is 2.11 bits per heavy atom. The molecule has 1 amide bonds. The van der Waals surface area contributed by atoms with Gasteiger partial charge < -0.3 is 26.7 Å². The highest BCUT2D eigenvalue weighted by atomic mass is 35.5. The van der Waals surface area contributed by atoms with Gasteiger partial charge in [0.1, 0.15) is 5.82 Å². The molecule has 0 aliphatic carbocycles. The molecule has 0 saturated heterocycles. The van der Waals surface area contributed by atoms with Crippen LogP contribution in [0.5, 0.6) is 0 Å². The number of carbonyl (C=O) groups excluding carboxylic acids is 1. The van der Waals surface area contributed by atoms with Gasteiger partial charge in [-0.3, -0.25) is 4.79 Å². The molecule has 1 aromatic rings. The molecule has 0 saturated carbocycles. The van der Waals surface area contributed by atoms with Crippen molar-refractivity contribution >= 4 is 23.7 Å². The SMILES string of the molecule is CN/C(=C\C=N)NC1=C(N)CN(C(=O)c2cccc(C(F)(F)F)c2Cl)CC1. The van der Waals surface area contributed by atoms with E-state index in [0.717, 1.165) is 18.3 Å². The maximum Gasteiger partial charge on any atom is 0.417 e. The largest absolute Gasteiger partial charge is 0.417 e. The second kappa shape index (κ2) is 8.34. The monoisotopic (exact) mass is 401 g/mol. The van der Waals surface area contributed by atoms with Crippen LogP contribution in [0, 0.1) is 5.41 Å². The molecule has 0 fully saturated rings. The molecule has 1 aliphatic heterocycles. The maximum absolute atomic E-state index is 13.0. The van der Waals surface area contributed by atoms with Crippen LogP contribution in [-0.2, 0) is 6.18 Å². The minimum atomic E-state index is -4.64. The van der Waals surface area contributed by atoms with Crippen molar-refractivity contribution < 1.29 is 18.0 Å². The van der Waals surface area contributed by atoms with Gasteiger partial charge in [-0.2, -0.15) is 13.2 Å². The highest BCUT2D eigenvalue weighted by Crippen LogP contribution is 2.36. The summed E-state index contributed by atoms with van der Waals surface area (Å²) in [6, 6.07) is 3.25. The molecule has 5 N–H and O–H groups in total. The van der Waals surface area contributed by atoms with Crippen molar-refractivity contribution in [2.75, 3.05) is 20.1 Å². The second-order valence-corrected chi connectivity index (χ2v) is 6.15. The molecular formula is C17H19ClF3N5O. The van der Waals surface area contributed by atoms with E-state index in [1.807, 2.05) is 0 Å². The minimum Gasteiger partial charge on any atom is -0.399 e. The number of amides is 1. The first kappa shape index (κ1) is 20.6. The number of nitrogens with two attached hydrogens (primary N) is 1. The molecule has 10 heteroatoms. The fourth-order valence-corrected chi connectivity index (χ4v) is 2.94. The number of hydrogen-bond donors (Lipinski definition) is 4. The van der Waals surface area contributed by atoms with E-state index >= 15 is 0 Å². The van der Waals surface area contributed by atoms with Crippen LogP contribution in [-0.4, -0.2) is 37.2 Å². The molecular weight excluding hydrogens is 383 g/mol. The molecule has 0 aromatic heterocycles. The third kappa shape index (κ3) is 4.73. The maximum atomic E-state index is 13.0. The third-order valence-corrected chi connectivity index (χ3v) is 4.41. The average molecular weight is 402 g/mol. The lowest BCUT2D eigenvalue weighted by Crippen LogP contribution is -2.42. The van der Waals surface area contributed by atoms with Crippen LogP contribution in [0.1, 0.15) is 22.3 Å². The Balaban J connectivity index is 2.21. The lowest BCUT2D eigenvalue weighted by atomic mass is 10.1. The molecule has 0 spiro atoms. The summed E-state index contributed by atoms with van der Waals surface area (Å²) in [4.78, 5) is 14.0. The van der Waals surface area contributed by atoms with Crippen LogP contribution in [0.2, 0.25) is 5.02 Å². The molecule has 0 bridgehead atoms. The van der Waals surface area contributed by atoms with Crippen molar-refractivity contribution in [1.29, 1.82) is 5.41 Å². The van der Waals surface area contributed by atoms with E-state index in [1.54, 1.807) is 7.05 Å². The zero-order chi connectivity index (χ0) is 20.2. The smallest absolute Gasteiger partial charge is 0.399 e. The van der Waals surface area contributed by atoms with Crippen LogP contribution in [0.25, 0.3) is 0 Å². The Morgan fingerprint density at radius 3 is 2.67 bits per heavy atom. The van der Waals surface area contributed by atoms with Gasteiger partial charge in [0.25, 0.3) is 5.91 Å². The Labute approximate surface area is 159 Å². The molecule has 1 heterocycles. The van der Waals surface area contributed by atoms with Gasteiger partial charge in [-0.25, -0.2) is 0 Å². The predicted octanol–water partition coefficient (Wildman–Crippen LogP) is 2.67. The quantitative estimate of drug-likeness (QED) is 0.570. The number of halogens is 4. The predicted molar refractivity (Wildman–Crippen MR) is 97.2 cm³/mol. The van der Waals surface area contributed by atoms with Gasteiger partial charge in [-0.05, 0) is 18.2 Å². The first-order valence-electron chi connectivity index (χ1n) is 7.97. The average Bonchev–Trinajstić information content (AvgIpc) is 2.61. The lowest BCUT2D eigenvalue weighted by Gasteiger charge is -2.30. The number of hydrogen-bond acceptors (Lipinski definition) is 5. The molecule has 6 nitrogen and oxygen atoms in total. The first-order chi connectivity index (χ1) is 12.7. The normalized spacial score (nSPS) is 15.6. The van der Waals surface area contributed by atoms with Gasteiger partial charge in [-0.15, -0.1) is 0 Å². The standard InChI is InChI=1S/C17H19ClF3N5O/c1-24-14(5-7-22)25-13-6-8-26(9-12(13)23)16(27)10-3-2-4-11(15(10)18)17(19,20)21/h2-5,7,22,24-25H,6,8-9,23H2,1H3/b14-5+,22-7?. The van der Waals surface area contributed by atoms with Gasteiger partial charge >= 0.3 is 6.18 Å². The van der Waals surface area contributed by atoms with Gasteiger partial charge in [0, 0.05) is 37.6 Å². The van der Waals surface area contributed by atoms with Gasteiger partial charge in [0.05, 0.1) is 22.7 Å². The number of allylic oxidation sites excluding steroid dienone is 1. The number of rotatable bonds is 5. The summed E-state index contributed by atoms with van der Waals surface area (Å²) in [5, 5.41) is 12.4. The summed E-state index contributed by atoms with van der Waals surface area (Å²) in [5.41, 5.74) is 5.82. The van der Waals surface area contributed by atoms with Crippen molar-refractivity contribution in [2.24, 2.45) is 5.73 Å². The molecule has 146 valence electrons. The number of alkyl halides is 3. The van der Waals surface area contributed by atoms with Crippen LogP contribution in [0.15, 0.2) is 41.5 Å². The molecule has 0 unspecified atom stereocenters. The first-order valence-corrected chi connectivity index (χ1v) is 8.34. The number of nitrogens with one attached hydrogen (secondary N) is 3. The highest BCUT2D eigenvalue weighted by Gasteiger charge is 2.35. The summed E-state index contributed by atoms with van der Waals surface area (Å²) in [7, 11) is 1.67. The van der Waals surface area contributed by atoms with Gasteiger partial charge in [0.2, 0.25) is 0 Å². The number of benzene rings is 1. The highest BCUT2D eigenvalue weighted by molar-refractivity contribution is 6.34. The molecule has 0 atom stereocenters. The van der Waals surface area contributed by atoms with E-state index in [4.69, 9.17) is 22.7 Å². The molecule has 2 rings (SSSR count). The van der Waals surface area contributed by atoms with Gasteiger partial charge in [-0.1, -0.05) is 17.7 Å². The van der Waals surface area contributed by atoms with Gasteiger partial charge in [0.15, 0.2) is 0 Å². The minimum absolute atomic E-state index is 0.0509. The van der Waals surface area contributed by atoms with E-state index in [0.29, 0.717) is 23.6 Å². The van der Waals surface area contributed by atoms with Crippen molar-refractivity contribution in [1.82, 2.24) is 15.5 Å². The summed E-state index contributed by atoms with van der Waals surface area (Å²) >= 11 is 5.83. The fraction of sp³-hybridized carbons (Fsp3) is 0.294. The molecule has 1 aromatic carbocycles. The Morgan fingerprint density at radius 1 is 1.41 bits per heavy atom. The summed E-state index contributed by atoms with van der Waals surface area (Å²) in [6.45, 7) is 0.311. The van der Waals surface area contributed by atoms with E-state index < -0.39 is 22.7 Å². The van der Waals surface area contributed by atoms with Crippen molar-refractivity contribution in [2.45, 2.75) is 12.6 Å². The van der Waals surface area contributed by atoms with Crippen LogP contribution in [0.3, 0.4) is 0 Å². The Kier molecular flexibility index (Phi) is 6.37. The summed E-state index contributed by atoms with van der Waals surface area (Å²) in [5.74, 6) is -0.0550. The van der Waals surface area contributed by atoms with E-state index in [-0.39, 0.29) is 18.7 Å².